The van der Waals surface area contributed by atoms with E-state index >= 15 is 0 Å². The van der Waals surface area contributed by atoms with Gasteiger partial charge in [-0.3, -0.25) is 0 Å². The summed E-state index contributed by atoms with van der Waals surface area (Å²) < 4.78 is 7.58. The first-order chi connectivity index (χ1) is 21.3. The predicted molar refractivity (Wildman–Crippen MR) is 186 cm³/mol. The first kappa shape index (κ1) is 23.2. The Morgan fingerprint density at radius 3 is 1.79 bits per heavy atom. The molecule has 3 aromatic heterocycles. The van der Waals surface area contributed by atoms with E-state index in [1.807, 2.05) is 11.3 Å². The Morgan fingerprint density at radius 2 is 1.00 bits per heavy atom. The van der Waals surface area contributed by atoms with Crippen molar-refractivity contribution in [1.82, 2.24) is 9.13 Å². The lowest BCUT2D eigenvalue weighted by Gasteiger charge is -2.11. The average Bonchev–Trinajstić information content (AvgIpc) is 3.72. The van der Waals surface area contributed by atoms with Crippen LogP contribution >= 0.6 is 11.3 Å². The van der Waals surface area contributed by atoms with Crippen molar-refractivity contribution in [1.29, 1.82) is 0 Å². The van der Waals surface area contributed by atoms with E-state index < -0.39 is 0 Å². The predicted octanol–water partition coefficient (Wildman–Crippen LogP) is 11.4. The maximum atomic E-state index is 2.49. The van der Waals surface area contributed by atoms with E-state index in [0.717, 1.165) is 0 Å². The van der Waals surface area contributed by atoms with Crippen LogP contribution in [0.2, 0.25) is 0 Å². The highest BCUT2D eigenvalue weighted by Crippen LogP contribution is 2.44. The molecule has 0 aliphatic carbocycles. The van der Waals surface area contributed by atoms with E-state index in [2.05, 4.69) is 155 Å². The Labute approximate surface area is 251 Å². The highest BCUT2D eigenvalue weighted by Gasteiger charge is 2.21. The van der Waals surface area contributed by atoms with Crippen molar-refractivity contribution in [3.8, 4) is 11.4 Å². The molecule has 0 spiro atoms. The largest absolute Gasteiger partial charge is 0.309 e. The maximum Gasteiger partial charge on any atom is 0.0640 e. The van der Waals surface area contributed by atoms with E-state index in [9.17, 15) is 0 Å². The van der Waals surface area contributed by atoms with Gasteiger partial charge in [0.25, 0.3) is 0 Å². The third kappa shape index (κ3) is 3.12. The SMILES string of the molecule is c1ccc2cc(-n3c4ccccc4c4c5c6ccccc6n(-c6cccc7c6sc6ccccc67)c5ccc43)ccc2c1. The number of benzene rings is 7. The average molecular weight is 565 g/mol. The van der Waals surface area contributed by atoms with Crippen LogP contribution < -0.4 is 0 Å². The summed E-state index contributed by atoms with van der Waals surface area (Å²) >= 11 is 1.89. The first-order valence-corrected chi connectivity index (χ1v) is 15.5. The summed E-state index contributed by atoms with van der Waals surface area (Å²) in [6.45, 7) is 0. The van der Waals surface area contributed by atoms with E-state index in [-0.39, 0.29) is 0 Å². The van der Waals surface area contributed by atoms with Crippen molar-refractivity contribution in [3.63, 3.8) is 0 Å². The van der Waals surface area contributed by atoms with Gasteiger partial charge in [-0.05, 0) is 59.3 Å². The maximum absolute atomic E-state index is 2.49. The van der Waals surface area contributed by atoms with Gasteiger partial charge in [0.1, 0.15) is 0 Å². The van der Waals surface area contributed by atoms with Crippen molar-refractivity contribution in [3.05, 3.63) is 146 Å². The first-order valence-electron chi connectivity index (χ1n) is 14.7. The second-order valence-corrected chi connectivity index (χ2v) is 12.4. The van der Waals surface area contributed by atoms with Gasteiger partial charge in [-0.1, -0.05) is 97.1 Å². The smallest absolute Gasteiger partial charge is 0.0640 e. The molecule has 10 aromatic rings. The van der Waals surface area contributed by atoms with Crippen molar-refractivity contribution >= 4 is 85.9 Å². The van der Waals surface area contributed by atoms with Gasteiger partial charge in [-0.25, -0.2) is 0 Å². The minimum absolute atomic E-state index is 1.18. The van der Waals surface area contributed by atoms with Crippen LogP contribution in [0.4, 0.5) is 0 Å². The quantitative estimate of drug-likeness (QED) is 0.198. The lowest BCUT2D eigenvalue weighted by Crippen LogP contribution is -1.95. The molecule has 0 unspecified atom stereocenters. The van der Waals surface area contributed by atoms with Gasteiger partial charge in [0, 0.05) is 42.7 Å². The van der Waals surface area contributed by atoms with Crippen molar-refractivity contribution < 1.29 is 0 Å². The molecule has 3 heteroatoms. The summed E-state index contributed by atoms with van der Waals surface area (Å²) in [7, 11) is 0. The molecule has 0 bridgehead atoms. The summed E-state index contributed by atoms with van der Waals surface area (Å²) in [6, 6.07) is 53.4. The standard InChI is InChI=1S/C40H24N2S/c1-2-11-26-24-27(21-20-25(26)10-1)41-32-16-6-3-13-30(32)38-34(41)22-23-35-39(38)31-14-4-7-17-33(31)42(35)36-18-9-15-29-28-12-5-8-19-37(28)43-40(29)36/h1-24H. The van der Waals surface area contributed by atoms with E-state index in [1.54, 1.807) is 0 Å². The van der Waals surface area contributed by atoms with E-state index in [1.165, 1.54) is 85.9 Å². The summed E-state index contributed by atoms with van der Waals surface area (Å²) in [5, 5.41) is 10.3. The van der Waals surface area contributed by atoms with Crippen LogP contribution in [-0.4, -0.2) is 9.13 Å². The Kier molecular flexibility index (Phi) is 4.63. The number of hydrogen-bond acceptors (Lipinski definition) is 1. The second-order valence-electron chi connectivity index (χ2n) is 11.3. The number of rotatable bonds is 2. The van der Waals surface area contributed by atoms with Gasteiger partial charge < -0.3 is 9.13 Å². The van der Waals surface area contributed by atoms with Gasteiger partial charge in [0.15, 0.2) is 0 Å². The molecule has 0 aliphatic heterocycles. The number of nitrogens with zero attached hydrogens (tertiary/aromatic N) is 2. The van der Waals surface area contributed by atoms with Crippen LogP contribution in [0, 0.1) is 0 Å². The van der Waals surface area contributed by atoms with Crippen LogP contribution in [0.3, 0.4) is 0 Å². The highest BCUT2D eigenvalue weighted by atomic mass is 32.1. The summed E-state index contributed by atoms with van der Waals surface area (Å²) in [4.78, 5) is 0. The zero-order chi connectivity index (χ0) is 28.1. The third-order valence-electron chi connectivity index (χ3n) is 9.09. The van der Waals surface area contributed by atoms with Gasteiger partial charge in [0.05, 0.1) is 32.5 Å². The van der Waals surface area contributed by atoms with Crippen LogP contribution in [0.15, 0.2) is 146 Å². The Morgan fingerprint density at radius 1 is 0.395 bits per heavy atom. The van der Waals surface area contributed by atoms with Crippen LogP contribution in [0.5, 0.6) is 0 Å². The Hall–Kier alpha value is -5.38. The molecule has 0 saturated heterocycles. The molecule has 10 rings (SSSR count). The van der Waals surface area contributed by atoms with Crippen molar-refractivity contribution in [2.24, 2.45) is 0 Å². The number of thiophene rings is 1. The molecule has 0 radical (unpaired) electrons. The van der Waals surface area contributed by atoms with Crippen LogP contribution in [0.25, 0.3) is 85.9 Å². The minimum Gasteiger partial charge on any atom is -0.309 e. The lowest BCUT2D eigenvalue weighted by molar-refractivity contribution is 1.18. The molecule has 200 valence electrons. The molecule has 7 aromatic carbocycles. The molecule has 2 nitrogen and oxygen atoms in total. The molecule has 0 fully saturated rings. The fraction of sp³-hybridized carbons (Fsp3) is 0. The summed E-state index contributed by atoms with van der Waals surface area (Å²) in [5.41, 5.74) is 7.35. The number of hydrogen-bond donors (Lipinski definition) is 0. The van der Waals surface area contributed by atoms with E-state index in [4.69, 9.17) is 0 Å². The molecule has 3 heterocycles. The Balaban J connectivity index is 1.36. The summed E-state index contributed by atoms with van der Waals surface area (Å²) in [6.07, 6.45) is 0. The molecule has 43 heavy (non-hydrogen) atoms. The van der Waals surface area contributed by atoms with E-state index in [0.29, 0.717) is 0 Å². The molecule has 0 aliphatic rings. The van der Waals surface area contributed by atoms with Gasteiger partial charge in [0.2, 0.25) is 0 Å². The summed E-state index contributed by atoms with van der Waals surface area (Å²) in [5.74, 6) is 0. The number of aromatic nitrogens is 2. The van der Waals surface area contributed by atoms with Gasteiger partial charge in [-0.2, -0.15) is 0 Å². The third-order valence-corrected chi connectivity index (χ3v) is 10.3. The fourth-order valence-electron chi connectivity index (χ4n) is 7.28. The van der Waals surface area contributed by atoms with Crippen molar-refractivity contribution in [2.75, 3.05) is 0 Å². The molecule has 0 amide bonds. The van der Waals surface area contributed by atoms with Crippen molar-refractivity contribution in [2.45, 2.75) is 0 Å². The monoisotopic (exact) mass is 564 g/mol. The molecule has 0 saturated carbocycles. The van der Waals surface area contributed by atoms with Gasteiger partial charge >= 0.3 is 0 Å². The zero-order valence-corrected chi connectivity index (χ0v) is 24.0. The second kappa shape index (κ2) is 8.57. The number of para-hydroxylation sites is 2. The van der Waals surface area contributed by atoms with Crippen LogP contribution in [-0.2, 0) is 0 Å². The topological polar surface area (TPSA) is 9.86 Å². The molecule has 0 atom stereocenters. The normalized spacial score (nSPS) is 12.2. The van der Waals surface area contributed by atoms with Crippen LogP contribution in [0.1, 0.15) is 0 Å². The molecule has 0 N–H and O–H groups in total. The Bertz CT molecular complexity index is 2740. The molecular formula is C40H24N2S. The number of fused-ring (bicyclic) bond motifs is 11. The lowest BCUT2D eigenvalue weighted by atomic mass is 10.1. The highest BCUT2D eigenvalue weighted by molar-refractivity contribution is 7.26. The minimum atomic E-state index is 1.18. The van der Waals surface area contributed by atoms with Gasteiger partial charge in [-0.15, -0.1) is 11.3 Å². The fourth-order valence-corrected chi connectivity index (χ4v) is 8.49. The molecular weight excluding hydrogens is 541 g/mol. The zero-order valence-electron chi connectivity index (χ0n) is 23.2.